The van der Waals surface area contributed by atoms with Crippen LogP contribution in [-0.2, 0) is 0 Å². The van der Waals surface area contributed by atoms with Gasteiger partial charge in [0, 0.05) is 9.50 Å². The third-order valence-corrected chi connectivity index (χ3v) is 4.84. The maximum atomic E-state index is 6.14. The Morgan fingerprint density at radius 2 is 1.95 bits per heavy atom. The molecule has 0 fully saturated rings. The summed E-state index contributed by atoms with van der Waals surface area (Å²) in [5.41, 5.74) is 9.28. The molecule has 0 saturated carbocycles. The summed E-state index contributed by atoms with van der Waals surface area (Å²) < 4.78 is 1.77. The molecule has 19 heavy (non-hydrogen) atoms. The lowest BCUT2D eigenvalue weighted by molar-refractivity contribution is 1.25. The number of aryl methyl sites for hydroxylation is 1. The molecule has 6 heteroatoms. The van der Waals surface area contributed by atoms with Gasteiger partial charge in [-0.05, 0) is 69.0 Å². The molecule has 2 rings (SSSR count). The van der Waals surface area contributed by atoms with E-state index in [4.69, 9.17) is 17.3 Å². The fourth-order valence-corrected chi connectivity index (χ4v) is 2.70. The molecular weight excluding hydrogens is 393 g/mol. The summed E-state index contributed by atoms with van der Waals surface area (Å²) in [6.07, 6.45) is 1.63. The normalized spacial score (nSPS) is 10.6. The molecule has 0 amide bonds. The molecule has 0 aliphatic heterocycles. The summed E-state index contributed by atoms with van der Waals surface area (Å²) in [4.78, 5) is 4.28. The first-order valence-electron chi connectivity index (χ1n) is 5.53. The van der Waals surface area contributed by atoms with Crippen molar-refractivity contribution < 1.29 is 0 Å². The molecule has 0 unspecified atom stereocenters. The number of benzene rings is 1. The van der Waals surface area contributed by atoms with Crippen LogP contribution in [-0.4, -0.2) is 4.98 Å². The molecule has 3 nitrogen and oxygen atoms in total. The van der Waals surface area contributed by atoms with Gasteiger partial charge in [-0.2, -0.15) is 0 Å². The fraction of sp³-hybridized carbons (Fsp3) is 0.154. The van der Waals surface area contributed by atoms with Crippen LogP contribution >= 0.6 is 43.5 Å². The monoisotopic (exact) mass is 403 g/mol. The van der Waals surface area contributed by atoms with Crippen molar-refractivity contribution in [3.8, 4) is 0 Å². The minimum Gasteiger partial charge on any atom is -0.397 e. The predicted molar refractivity (Wildman–Crippen MR) is 88.3 cm³/mol. The quantitative estimate of drug-likeness (QED) is 0.722. The molecule has 0 spiro atoms. The lowest BCUT2D eigenvalue weighted by Gasteiger charge is -2.13. The van der Waals surface area contributed by atoms with E-state index in [2.05, 4.69) is 42.2 Å². The third kappa shape index (κ3) is 3.04. The Kier molecular flexibility index (Phi) is 4.38. The summed E-state index contributed by atoms with van der Waals surface area (Å²) in [5, 5.41) is 3.93. The lowest BCUT2D eigenvalue weighted by atomic mass is 10.2. The van der Waals surface area contributed by atoms with Crippen LogP contribution < -0.4 is 11.1 Å². The number of aromatic nitrogens is 1. The number of nitrogens with one attached hydrogen (secondary N) is 1. The number of halogens is 3. The minimum atomic E-state index is 0.651. The molecule has 100 valence electrons. The number of hydrogen-bond acceptors (Lipinski definition) is 3. The fourth-order valence-electron chi connectivity index (χ4n) is 1.55. The van der Waals surface area contributed by atoms with Gasteiger partial charge in [0.1, 0.15) is 5.82 Å². The number of hydrogen-bond donors (Lipinski definition) is 2. The number of nitrogens with two attached hydrogens (primary N) is 1. The number of nitrogen functional groups attached to an aromatic ring is 1. The van der Waals surface area contributed by atoms with Gasteiger partial charge in [0.2, 0.25) is 0 Å². The van der Waals surface area contributed by atoms with E-state index in [1.165, 1.54) is 0 Å². The van der Waals surface area contributed by atoms with E-state index in [1.54, 1.807) is 6.20 Å². The van der Waals surface area contributed by atoms with Crippen molar-refractivity contribution in [2.75, 3.05) is 11.1 Å². The highest BCUT2D eigenvalue weighted by Crippen LogP contribution is 2.34. The van der Waals surface area contributed by atoms with Crippen LogP contribution in [0.3, 0.4) is 0 Å². The molecule has 0 aliphatic rings. The van der Waals surface area contributed by atoms with Crippen molar-refractivity contribution in [1.29, 1.82) is 0 Å². The van der Waals surface area contributed by atoms with Gasteiger partial charge in [-0.1, -0.05) is 11.6 Å². The number of rotatable bonds is 2. The summed E-state index contributed by atoms with van der Waals surface area (Å²) in [6, 6.07) is 3.82. The molecule has 1 aromatic heterocycles. The molecule has 0 aliphatic carbocycles. The van der Waals surface area contributed by atoms with Crippen molar-refractivity contribution >= 4 is 60.7 Å². The Bertz CT molecular complexity index is 644. The first-order valence-corrected chi connectivity index (χ1v) is 7.49. The zero-order valence-electron chi connectivity index (χ0n) is 10.4. The first kappa shape index (κ1) is 14.6. The molecule has 0 radical (unpaired) electrons. The van der Waals surface area contributed by atoms with Gasteiger partial charge >= 0.3 is 0 Å². The molecule has 1 aromatic carbocycles. The Hall–Kier alpha value is -0.780. The average molecular weight is 406 g/mol. The molecule has 0 bridgehead atoms. The van der Waals surface area contributed by atoms with Crippen LogP contribution in [0.25, 0.3) is 0 Å². The van der Waals surface area contributed by atoms with E-state index < -0.39 is 0 Å². The molecular formula is C13H12Br2ClN3. The van der Waals surface area contributed by atoms with Crippen molar-refractivity contribution in [3.05, 3.63) is 43.4 Å². The first-order chi connectivity index (χ1) is 8.90. The van der Waals surface area contributed by atoms with Crippen LogP contribution in [0.2, 0.25) is 5.02 Å². The minimum absolute atomic E-state index is 0.651. The van der Waals surface area contributed by atoms with Crippen molar-refractivity contribution in [3.63, 3.8) is 0 Å². The zero-order valence-corrected chi connectivity index (χ0v) is 14.3. The van der Waals surface area contributed by atoms with E-state index in [-0.39, 0.29) is 0 Å². The van der Waals surface area contributed by atoms with Gasteiger partial charge in [0.25, 0.3) is 0 Å². The smallest absolute Gasteiger partial charge is 0.145 e. The second-order valence-electron chi connectivity index (χ2n) is 4.21. The molecule has 1 heterocycles. The predicted octanol–water partition coefficient (Wildman–Crippen LogP) is 5.20. The van der Waals surface area contributed by atoms with E-state index in [0.29, 0.717) is 16.5 Å². The van der Waals surface area contributed by atoms with Gasteiger partial charge in [0.05, 0.1) is 22.0 Å². The highest BCUT2D eigenvalue weighted by Gasteiger charge is 2.10. The second-order valence-corrected chi connectivity index (χ2v) is 6.26. The van der Waals surface area contributed by atoms with Crippen molar-refractivity contribution in [1.82, 2.24) is 4.98 Å². The van der Waals surface area contributed by atoms with Crippen LogP contribution in [0.5, 0.6) is 0 Å². The Morgan fingerprint density at radius 1 is 1.26 bits per heavy atom. The van der Waals surface area contributed by atoms with Crippen LogP contribution in [0.1, 0.15) is 11.1 Å². The van der Waals surface area contributed by atoms with Crippen molar-refractivity contribution in [2.24, 2.45) is 0 Å². The maximum absolute atomic E-state index is 6.14. The standard InChI is InChI=1S/C13H12Br2ClN3/c1-6-3-8(14)11(4-9(6)16)19-13-12(15)7(2)10(17)5-18-13/h3-5H,17H2,1-2H3,(H,18,19). The summed E-state index contributed by atoms with van der Waals surface area (Å²) in [6.45, 7) is 3.89. The number of pyridine rings is 1. The van der Waals surface area contributed by atoms with Gasteiger partial charge in [0.15, 0.2) is 0 Å². The Labute approximate surface area is 133 Å². The van der Waals surface area contributed by atoms with E-state index in [0.717, 1.165) is 25.8 Å². The maximum Gasteiger partial charge on any atom is 0.145 e. The summed E-state index contributed by atoms with van der Waals surface area (Å²) in [5.74, 6) is 0.701. The summed E-state index contributed by atoms with van der Waals surface area (Å²) in [7, 11) is 0. The highest BCUT2D eigenvalue weighted by atomic mass is 79.9. The zero-order chi connectivity index (χ0) is 14.2. The lowest BCUT2D eigenvalue weighted by Crippen LogP contribution is -2.00. The second kappa shape index (κ2) is 5.69. The largest absolute Gasteiger partial charge is 0.397 e. The third-order valence-electron chi connectivity index (χ3n) is 2.80. The Morgan fingerprint density at radius 3 is 2.63 bits per heavy atom. The highest BCUT2D eigenvalue weighted by molar-refractivity contribution is 9.11. The van der Waals surface area contributed by atoms with E-state index >= 15 is 0 Å². The molecule has 2 aromatic rings. The number of nitrogens with zero attached hydrogens (tertiary/aromatic N) is 1. The average Bonchev–Trinajstić information content (AvgIpc) is 2.36. The van der Waals surface area contributed by atoms with E-state index in [9.17, 15) is 0 Å². The van der Waals surface area contributed by atoms with Crippen LogP contribution in [0.15, 0.2) is 27.3 Å². The Balaban J connectivity index is 2.42. The molecule has 3 N–H and O–H groups in total. The summed E-state index contributed by atoms with van der Waals surface area (Å²) >= 11 is 13.1. The van der Waals surface area contributed by atoms with Gasteiger partial charge in [-0.25, -0.2) is 4.98 Å². The topological polar surface area (TPSA) is 50.9 Å². The van der Waals surface area contributed by atoms with Crippen LogP contribution in [0, 0.1) is 13.8 Å². The van der Waals surface area contributed by atoms with Gasteiger partial charge < -0.3 is 11.1 Å². The van der Waals surface area contributed by atoms with Gasteiger partial charge in [-0.15, -0.1) is 0 Å². The van der Waals surface area contributed by atoms with Gasteiger partial charge in [-0.3, -0.25) is 0 Å². The SMILES string of the molecule is Cc1cc(Br)c(Nc2ncc(N)c(C)c2Br)cc1Cl. The van der Waals surface area contributed by atoms with Crippen molar-refractivity contribution in [2.45, 2.75) is 13.8 Å². The van der Waals surface area contributed by atoms with Crippen LogP contribution in [0.4, 0.5) is 17.2 Å². The molecule has 0 atom stereocenters. The number of anilines is 3. The van der Waals surface area contributed by atoms with E-state index in [1.807, 2.05) is 26.0 Å². The molecule has 0 saturated heterocycles.